The van der Waals surface area contributed by atoms with Gasteiger partial charge in [0.1, 0.15) is 24.4 Å². The van der Waals surface area contributed by atoms with Gasteiger partial charge in [-0.1, -0.05) is 32.4 Å². The first-order valence-corrected chi connectivity index (χ1v) is 15.6. The molecule has 0 bridgehead atoms. The molecule has 214 valence electrons. The number of nitrogens with two attached hydrogens (primary N) is 1. The SMILES string of the molecule is CC(C)(C)[Si](C)(C)O[C@@H](Cn1c(-c2ccc(Cl)cc2)nn(Cc2ncn(-c3cccnc3N)n2)c1=O)C(F)(F)F. The van der Waals surface area contributed by atoms with E-state index in [0.29, 0.717) is 16.3 Å². The van der Waals surface area contributed by atoms with Gasteiger partial charge < -0.3 is 10.2 Å². The number of anilines is 1. The second-order valence-electron chi connectivity index (χ2n) is 10.8. The molecule has 0 saturated heterocycles. The molecule has 40 heavy (non-hydrogen) atoms. The van der Waals surface area contributed by atoms with E-state index in [1.807, 2.05) is 20.8 Å². The van der Waals surface area contributed by atoms with Gasteiger partial charge in [-0.25, -0.2) is 24.1 Å². The average Bonchev–Trinajstić information content (AvgIpc) is 3.43. The summed E-state index contributed by atoms with van der Waals surface area (Å²) in [4.78, 5) is 21.7. The Labute approximate surface area is 234 Å². The second-order valence-corrected chi connectivity index (χ2v) is 16.0. The lowest BCUT2D eigenvalue weighted by atomic mass is 10.2. The molecule has 0 aliphatic rings. The number of alkyl halides is 3. The number of hydrogen-bond acceptors (Lipinski definition) is 7. The third kappa shape index (κ3) is 6.29. The summed E-state index contributed by atoms with van der Waals surface area (Å²) in [7, 11) is -2.86. The van der Waals surface area contributed by atoms with Crippen LogP contribution in [-0.4, -0.2) is 54.7 Å². The molecule has 4 rings (SSSR count). The molecule has 3 heterocycles. The summed E-state index contributed by atoms with van der Waals surface area (Å²) in [5.74, 6) is 0.457. The van der Waals surface area contributed by atoms with Crippen LogP contribution < -0.4 is 11.4 Å². The van der Waals surface area contributed by atoms with E-state index in [9.17, 15) is 18.0 Å². The van der Waals surface area contributed by atoms with Crippen molar-refractivity contribution in [1.29, 1.82) is 0 Å². The maximum Gasteiger partial charge on any atom is 0.415 e. The van der Waals surface area contributed by atoms with Crippen molar-refractivity contribution >= 4 is 25.7 Å². The van der Waals surface area contributed by atoms with E-state index in [0.717, 1.165) is 9.25 Å². The number of nitrogens with zero attached hydrogens (tertiary/aromatic N) is 7. The van der Waals surface area contributed by atoms with Crippen LogP contribution in [0.3, 0.4) is 0 Å². The van der Waals surface area contributed by atoms with E-state index in [4.69, 9.17) is 21.8 Å². The molecule has 3 aromatic heterocycles. The first kappa shape index (κ1) is 29.5. The van der Waals surface area contributed by atoms with Crippen molar-refractivity contribution in [2.24, 2.45) is 0 Å². The summed E-state index contributed by atoms with van der Waals surface area (Å²) in [6, 6.07) is 9.68. The summed E-state index contributed by atoms with van der Waals surface area (Å²) in [6.45, 7) is 8.04. The van der Waals surface area contributed by atoms with Gasteiger partial charge in [0.25, 0.3) is 0 Å². The standard InChI is InChI=1S/C25H30ClF3N8O2Si/c1-24(2,3)40(4,5)39-19(25(27,28)29)13-35-22(16-8-10-17(26)11-9-16)34-36(23(35)38)14-20-32-15-37(33-20)18-7-6-12-31-21(18)30/h6-12,15,19H,13-14H2,1-5H3,(H2,30,31)/t19-/m0/s1. The molecule has 1 atom stereocenters. The molecule has 10 nitrogen and oxygen atoms in total. The predicted octanol–water partition coefficient (Wildman–Crippen LogP) is 4.92. The Morgan fingerprint density at radius 3 is 2.35 bits per heavy atom. The lowest BCUT2D eigenvalue weighted by Gasteiger charge is -2.39. The molecule has 0 fully saturated rings. The van der Waals surface area contributed by atoms with Crippen LogP contribution in [0, 0.1) is 0 Å². The fourth-order valence-corrected chi connectivity index (χ4v) is 5.05. The van der Waals surface area contributed by atoms with Crippen molar-refractivity contribution in [3.05, 3.63) is 70.3 Å². The molecular weight excluding hydrogens is 565 g/mol. The molecular formula is C25H30ClF3N8O2Si. The number of halogens is 4. The van der Waals surface area contributed by atoms with Crippen molar-refractivity contribution in [3.8, 4) is 17.1 Å². The van der Waals surface area contributed by atoms with Gasteiger partial charge in [-0.3, -0.25) is 4.57 Å². The normalized spacial score (nSPS) is 13.5. The van der Waals surface area contributed by atoms with E-state index in [1.54, 1.807) is 49.5 Å². The predicted molar refractivity (Wildman–Crippen MR) is 148 cm³/mol. The third-order valence-electron chi connectivity index (χ3n) is 6.88. The highest BCUT2D eigenvalue weighted by Gasteiger charge is 2.48. The molecule has 0 aliphatic carbocycles. The van der Waals surface area contributed by atoms with Crippen LogP contribution in [-0.2, 0) is 17.5 Å². The number of pyridine rings is 1. The summed E-state index contributed by atoms with van der Waals surface area (Å²) < 4.78 is 52.1. The van der Waals surface area contributed by atoms with Crippen molar-refractivity contribution in [2.75, 3.05) is 5.73 Å². The lowest BCUT2D eigenvalue weighted by molar-refractivity contribution is -0.202. The van der Waals surface area contributed by atoms with Gasteiger partial charge in [0.05, 0.1) is 6.54 Å². The third-order valence-corrected chi connectivity index (χ3v) is 11.6. The molecule has 4 aromatic rings. The van der Waals surface area contributed by atoms with Gasteiger partial charge in [0.2, 0.25) is 0 Å². The zero-order valence-electron chi connectivity index (χ0n) is 22.6. The number of benzene rings is 1. The number of nitrogen functional groups attached to an aromatic ring is 1. The first-order valence-electron chi connectivity index (χ1n) is 12.4. The zero-order valence-corrected chi connectivity index (χ0v) is 24.4. The van der Waals surface area contributed by atoms with E-state index in [1.165, 1.54) is 17.2 Å². The molecule has 15 heteroatoms. The van der Waals surface area contributed by atoms with Crippen molar-refractivity contribution in [2.45, 2.75) is 64.3 Å². The van der Waals surface area contributed by atoms with Crippen LogP contribution in [0.15, 0.2) is 53.7 Å². The molecule has 0 saturated carbocycles. The van der Waals surface area contributed by atoms with Crippen LogP contribution in [0.2, 0.25) is 23.2 Å². The summed E-state index contributed by atoms with van der Waals surface area (Å²) in [5.41, 5.74) is 6.03. The maximum absolute atomic E-state index is 14.3. The second kappa shape index (κ2) is 10.8. The van der Waals surface area contributed by atoms with Crippen LogP contribution in [0.5, 0.6) is 0 Å². The van der Waals surface area contributed by atoms with Gasteiger partial charge in [0, 0.05) is 16.8 Å². The van der Waals surface area contributed by atoms with Crippen LogP contribution in [0.25, 0.3) is 17.1 Å². The highest BCUT2D eigenvalue weighted by atomic mass is 35.5. The minimum atomic E-state index is -4.72. The minimum absolute atomic E-state index is 0.0330. The topological polar surface area (TPSA) is 119 Å². The van der Waals surface area contributed by atoms with E-state index >= 15 is 0 Å². The molecule has 0 unspecified atom stereocenters. The summed E-state index contributed by atoms with van der Waals surface area (Å²) in [6.07, 6.45) is -4.01. The summed E-state index contributed by atoms with van der Waals surface area (Å²) >= 11 is 6.02. The van der Waals surface area contributed by atoms with Gasteiger partial charge in [-0.05, 0) is 54.5 Å². The average molecular weight is 595 g/mol. The number of aromatic nitrogens is 7. The van der Waals surface area contributed by atoms with Crippen LogP contribution in [0.4, 0.5) is 19.0 Å². The lowest BCUT2D eigenvalue weighted by Crippen LogP contribution is -2.50. The van der Waals surface area contributed by atoms with Crippen molar-refractivity contribution < 1.29 is 17.6 Å². The first-order chi connectivity index (χ1) is 18.6. The molecule has 0 amide bonds. The Morgan fingerprint density at radius 1 is 1.07 bits per heavy atom. The Balaban J connectivity index is 1.74. The molecule has 0 radical (unpaired) electrons. The molecule has 0 spiro atoms. The number of hydrogen-bond donors (Lipinski definition) is 1. The fraction of sp³-hybridized carbons (Fsp3) is 0.400. The fourth-order valence-electron chi connectivity index (χ4n) is 3.65. The van der Waals surface area contributed by atoms with Crippen molar-refractivity contribution in [3.63, 3.8) is 0 Å². The Morgan fingerprint density at radius 2 is 1.75 bits per heavy atom. The Bertz CT molecular complexity index is 1540. The van der Waals surface area contributed by atoms with Gasteiger partial charge in [-0.15, -0.1) is 10.2 Å². The number of rotatable bonds is 8. The Hall–Kier alpha value is -3.49. The van der Waals surface area contributed by atoms with Crippen LogP contribution >= 0.6 is 11.6 Å². The van der Waals surface area contributed by atoms with Gasteiger partial charge in [0.15, 0.2) is 26.1 Å². The maximum atomic E-state index is 14.3. The Kier molecular flexibility index (Phi) is 7.98. The monoisotopic (exact) mass is 594 g/mol. The van der Waals surface area contributed by atoms with E-state index < -0.39 is 37.9 Å². The smallest absolute Gasteiger partial charge is 0.404 e. The highest BCUT2D eigenvalue weighted by molar-refractivity contribution is 6.74. The van der Waals surface area contributed by atoms with Gasteiger partial charge >= 0.3 is 11.9 Å². The van der Waals surface area contributed by atoms with Crippen molar-refractivity contribution in [1.82, 2.24) is 34.1 Å². The van der Waals surface area contributed by atoms with Gasteiger partial charge in [-0.2, -0.15) is 13.2 Å². The quantitative estimate of drug-likeness (QED) is 0.287. The molecule has 2 N–H and O–H groups in total. The summed E-state index contributed by atoms with van der Waals surface area (Å²) in [5, 5.41) is 8.66. The minimum Gasteiger partial charge on any atom is -0.404 e. The van der Waals surface area contributed by atoms with Crippen LogP contribution in [0.1, 0.15) is 26.6 Å². The largest absolute Gasteiger partial charge is 0.415 e. The molecule has 1 aromatic carbocycles. The van der Waals surface area contributed by atoms with E-state index in [2.05, 4.69) is 20.2 Å². The van der Waals surface area contributed by atoms with E-state index in [-0.39, 0.29) is 24.0 Å². The highest BCUT2D eigenvalue weighted by Crippen LogP contribution is 2.40. The zero-order chi connectivity index (χ0) is 29.5. The molecule has 0 aliphatic heterocycles.